The van der Waals surface area contributed by atoms with Crippen molar-refractivity contribution in [3.63, 3.8) is 0 Å². The van der Waals surface area contributed by atoms with Gasteiger partial charge in [-0.05, 0) is 18.8 Å². The summed E-state index contributed by atoms with van der Waals surface area (Å²) in [7, 11) is 0. The molecule has 3 atom stereocenters. The minimum Gasteiger partial charge on any atom is -0.379 e. The zero-order chi connectivity index (χ0) is 13.8. The van der Waals surface area contributed by atoms with Gasteiger partial charge in [0.25, 0.3) is 0 Å². The first kappa shape index (κ1) is 15.4. The Kier molecular flexibility index (Phi) is 5.56. The maximum absolute atomic E-state index is 11.9. The van der Waals surface area contributed by atoms with Gasteiger partial charge in [0.1, 0.15) is 0 Å². The lowest BCUT2D eigenvalue weighted by Gasteiger charge is -2.27. The van der Waals surface area contributed by atoms with Gasteiger partial charge in [-0.2, -0.15) is 0 Å². The van der Waals surface area contributed by atoms with E-state index in [1.807, 2.05) is 27.7 Å². The number of rotatable bonds is 5. The topological polar surface area (TPSA) is 73.6 Å². The third kappa shape index (κ3) is 4.92. The average molecular weight is 258 g/mol. The highest BCUT2D eigenvalue weighted by atomic mass is 16.5. The van der Waals surface area contributed by atoms with Crippen LogP contribution in [0.4, 0.5) is 0 Å². The minimum atomic E-state index is -0.505. The van der Waals surface area contributed by atoms with E-state index in [-0.39, 0.29) is 23.5 Å². The Morgan fingerprint density at radius 3 is 2.72 bits per heavy atom. The molecule has 0 aromatic heterocycles. The molecule has 1 aliphatic heterocycles. The monoisotopic (exact) mass is 258 g/mol. The fraction of sp³-hybridized carbons (Fsp3) is 0.923. The number of nitrogens with one attached hydrogen (secondary N) is 1. The zero-order valence-electron chi connectivity index (χ0n) is 11.9. The predicted octanol–water partition coefficient (Wildman–Crippen LogP) is 0.670. The molecule has 0 saturated carbocycles. The van der Waals surface area contributed by atoms with E-state index < -0.39 is 6.04 Å². The van der Waals surface area contributed by atoms with E-state index >= 15 is 0 Å². The summed E-state index contributed by atoms with van der Waals surface area (Å²) in [5.41, 5.74) is 5.66. The molecule has 3 N–H and O–H groups in total. The minimum absolute atomic E-state index is 0.0356. The molecule has 5 nitrogen and oxygen atoms in total. The van der Waals surface area contributed by atoms with Crippen LogP contribution < -0.4 is 11.1 Å². The summed E-state index contributed by atoms with van der Waals surface area (Å²) in [4.78, 5) is 11.9. The van der Waals surface area contributed by atoms with Gasteiger partial charge in [-0.15, -0.1) is 0 Å². The fourth-order valence-electron chi connectivity index (χ4n) is 1.69. The molecule has 2 unspecified atom stereocenters. The first-order valence-corrected chi connectivity index (χ1v) is 6.56. The molecule has 0 aromatic carbocycles. The van der Waals surface area contributed by atoms with Gasteiger partial charge in [0.15, 0.2) is 0 Å². The van der Waals surface area contributed by atoms with Crippen molar-refractivity contribution in [2.45, 2.75) is 52.3 Å². The number of hydrogen-bond donors (Lipinski definition) is 2. The van der Waals surface area contributed by atoms with Gasteiger partial charge in [0.05, 0.1) is 25.4 Å². The van der Waals surface area contributed by atoms with Crippen molar-refractivity contribution >= 4 is 5.91 Å². The highest BCUT2D eigenvalue weighted by Crippen LogP contribution is 2.17. The third-order valence-corrected chi connectivity index (χ3v) is 3.07. The van der Waals surface area contributed by atoms with Gasteiger partial charge in [0, 0.05) is 12.6 Å². The van der Waals surface area contributed by atoms with Gasteiger partial charge < -0.3 is 20.5 Å². The normalized spacial score (nSPS) is 23.7. The number of nitrogens with two attached hydrogens (primary N) is 1. The van der Waals surface area contributed by atoms with Crippen molar-refractivity contribution in [3.05, 3.63) is 0 Å². The van der Waals surface area contributed by atoms with Crippen LogP contribution in [-0.2, 0) is 14.3 Å². The van der Waals surface area contributed by atoms with Gasteiger partial charge in [-0.1, -0.05) is 20.8 Å². The lowest BCUT2D eigenvalue weighted by molar-refractivity contribution is -0.125. The highest BCUT2D eigenvalue weighted by molar-refractivity contribution is 5.82. The Bertz CT molecular complexity index is 270. The van der Waals surface area contributed by atoms with Gasteiger partial charge in [0.2, 0.25) is 5.91 Å². The van der Waals surface area contributed by atoms with Crippen LogP contribution in [0.2, 0.25) is 0 Å². The number of carbonyl (C=O) groups is 1. The Morgan fingerprint density at radius 1 is 1.56 bits per heavy atom. The van der Waals surface area contributed by atoms with Crippen LogP contribution in [0.3, 0.4) is 0 Å². The molecular weight excluding hydrogens is 232 g/mol. The Balaban J connectivity index is 2.26. The summed E-state index contributed by atoms with van der Waals surface area (Å²) in [6.07, 6.45) is 1.10. The summed E-state index contributed by atoms with van der Waals surface area (Å²) in [6, 6.07) is -0.540. The van der Waals surface area contributed by atoms with Crippen molar-refractivity contribution < 1.29 is 14.3 Å². The van der Waals surface area contributed by atoms with E-state index in [2.05, 4.69) is 5.32 Å². The van der Waals surface area contributed by atoms with Crippen molar-refractivity contribution in [2.24, 2.45) is 11.1 Å². The quantitative estimate of drug-likeness (QED) is 0.760. The van der Waals surface area contributed by atoms with Crippen molar-refractivity contribution in [2.75, 3.05) is 19.8 Å². The maximum Gasteiger partial charge on any atom is 0.237 e. The van der Waals surface area contributed by atoms with Crippen LogP contribution in [0, 0.1) is 5.41 Å². The molecule has 0 aliphatic carbocycles. The van der Waals surface area contributed by atoms with E-state index in [1.54, 1.807) is 0 Å². The molecule has 0 radical (unpaired) electrons. The van der Waals surface area contributed by atoms with E-state index in [1.165, 1.54) is 0 Å². The van der Waals surface area contributed by atoms with Gasteiger partial charge in [-0.3, -0.25) is 4.79 Å². The highest BCUT2D eigenvalue weighted by Gasteiger charge is 2.28. The van der Waals surface area contributed by atoms with E-state index in [4.69, 9.17) is 15.2 Å². The SMILES string of the molecule is CC(COC1CCOC1)NC(=O)[C@@H](N)C(C)(C)C. The first-order valence-electron chi connectivity index (χ1n) is 6.56. The fourth-order valence-corrected chi connectivity index (χ4v) is 1.69. The molecule has 1 aliphatic rings. The predicted molar refractivity (Wildman–Crippen MR) is 70.2 cm³/mol. The second kappa shape index (κ2) is 6.50. The summed E-state index contributed by atoms with van der Waals surface area (Å²) < 4.78 is 10.9. The smallest absolute Gasteiger partial charge is 0.237 e. The lowest BCUT2D eigenvalue weighted by Crippen LogP contribution is -2.51. The van der Waals surface area contributed by atoms with Crippen LogP contribution >= 0.6 is 0 Å². The van der Waals surface area contributed by atoms with Crippen LogP contribution in [0.25, 0.3) is 0 Å². The molecule has 5 heteroatoms. The molecule has 1 heterocycles. The molecule has 1 fully saturated rings. The number of amides is 1. The second-order valence-corrected chi connectivity index (χ2v) is 6.07. The summed E-state index contributed by atoms with van der Waals surface area (Å²) in [5, 5.41) is 2.88. The lowest BCUT2D eigenvalue weighted by atomic mass is 9.87. The summed E-state index contributed by atoms with van der Waals surface area (Å²) in [5.74, 6) is -0.124. The molecular formula is C13H26N2O3. The van der Waals surface area contributed by atoms with Crippen LogP contribution in [0.15, 0.2) is 0 Å². The second-order valence-electron chi connectivity index (χ2n) is 6.07. The average Bonchev–Trinajstić information content (AvgIpc) is 2.76. The molecule has 1 rings (SSSR count). The van der Waals surface area contributed by atoms with E-state index in [0.717, 1.165) is 13.0 Å². The standard InChI is InChI=1S/C13H26N2O3/c1-9(7-18-10-5-6-17-8-10)15-12(16)11(14)13(2,3)4/h9-11H,5-8,14H2,1-4H3,(H,15,16)/t9?,10?,11-/m1/s1. The van der Waals surface area contributed by atoms with Crippen LogP contribution in [-0.4, -0.2) is 43.9 Å². The van der Waals surface area contributed by atoms with Crippen LogP contribution in [0.1, 0.15) is 34.1 Å². The Hall–Kier alpha value is -0.650. The Morgan fingerprint density at radius 2 is 2.22 bits per heavy atom. The van der Waals surface area contributed by atoms with Crippen molar-refractivity contribution in [1.29, 1.82) is 0 Å². The number of ether oxygens (including phenoxy) is 2. The maximum atomic E-state index is 11.9. The zero-order valence-corrected chi connectivity index (χ0v) is 11.9. The van der Waals surface area contributed by atoms with Gasteiger partial charge >= 0.3 is 0 Å². The summed E-state index contributed by atoms with van der Waals surface area (Å²) in [6.45, 7) is 9.69. The van der Waals surface area contributed by atoms with E-state index in [9.17, 15) is 4.79 Å². The molecule has 106 valence electrons. The molecule has 1 saturated heterocycles. The number of hydrogen-bond acceptors (Lipinski definition) is 4. The first-order chi connectivity index (χ1) is 8.30. The molecule has 18 heavy (non-hydrogen) atoms. The largest absolute Gasteiger partial charge is 0.379 e. The van der Waals surface area contributed by atoms with Gasteiger partial charge in [-0.25, -0.2) is 0 Å². The van der Waals surface area contributed by atoms with Crippen LogP contribution in [0.5, 0.6) is 0 Å². The van der Waals surface area contributed by atoms with Crippen molar-refractivity contribution in [3.8, 4) is 0 Å². The molecule has 0 spiro atoms. The molecule has 1 amide bonds. The van der Waals surface area contributed by atoms with E-state index in [0.29, 0.717) is 13.2 Å². The third-order valence-electron chi connectivity index (χ3n) is 3.07. The molecule has 0 bridgehead atoms. The summed E-state index contributed by atoms with van der Waals surface area (Å²) >= 11 is 0. The number of carbonyl (C=O) groups excluding carboxylic acids is 1. The molecule has 0 aromatic rings. The Labute approximate surface area is 109 Å². The van der Waals surface area contributed by atoms with Crippen molar-refractivity contribution in [1.82, 2.24) is 5.32 Å².